The second-order valence-corrected chi connectivity index (χ2v) is 6.09. The van der Waals surface area contributed by atoms with E-state index >= 15 is 0 Å². The van der Waals surface area contributed by atoms with Crippen LogP contribution in [0.3, 0.4) is 0 Å². The lowest BCUT2D eigenvalue weighted by molar-refractivity contribution is -0.385. The summed E-state index contributed by atoms with van der Waals surface area (Å²) < 4.78 is 0. The van der Waals surface area contributed by atoms with Gasteiger partial charge in [0.25, 0.3) is 5.69 Å². The highest BCUT2D eigenvalue weighted by Crippen LogP contribution is 2.27. The fourth-order valence-corrected chi connectivity index (χ4v) is 2.98. The van der Waals surface area contributed by atoms with Crippen molar-refractivity contribution in [2.75, 3.05) is 5.32 Å². The average molecular weight is 291 g/mol. The molecule has 0 unspecified atom stereocenters. The fourth-order valence-electron chi connectivity index (χ4n) is 2.10. The Morgan fingerprint density at radius 3 is 2.50 bits per heavy atom. The first kappa shape index (κ1) is 14.5. The van der Waals surface area contributed by atoms with Crippen molar-refractivity contribution in [2.45, 2.75) is 34.2 Å². The van der Waals surface area contributed by atoms with Gasteiger partial charge < -0.3 is 5.32 Å². The maximum Gasteiger partial charge on any atom is 0.272 e. The SMILES string of the molecule is Cc1nc(C)c(CNc2cc(C)c([N+](=O)[O-])cc2C)s1. The quantitative estimate of drug-likeness (QED) is 0.685. The molecule has 0 aliphatic rings. The summed E-state index contributed by atoms with van der Waals surface area (Å²) in [6, 6.07) is 3.44. The third kappa shape index (κ3) is 2.96. The molecule has 0 saturated carbocycles. The van der Waals surface area contributed by atoms with Crippen LogP contribution in [0.4, 0.5) is 11.4 Å². The summed E-state index contributed by atoms with van der Waals surface area (Å²) in [5.74, 6) is 0. The van der Waals surface area contributed by atoms with E-state index in [4.69, 9.17) is 0 Å². The summed E-state index contributed by atoms with van der Waals surface area (Å²) >= 11 is 1.67. The Bertz CT molecular complexity index is 665. The van der Waals surface area contributed by atoms with Crippen molar-refractivity contribution < 1.29 is 4.92 Å². The molecule has 0 amide bonds. The Hall–Kier alpha value is -1.95. The molecule has 0 aliphatic heterocycles. The molecule has 2 aromatic rings. The van der Waals surface area contributed by atoms with Gasteiger partial charge in [-0.1, -0.05) is 0 Å². The molecule has 0 bridgehead atoms. The van der Waals surface area contributed by atoms with Crippen LogP contribution in [-0.2, 0) is 6.54 Å². The van der Waals surface area contributed by atoms with Crippen molar-refractivity contribution in [1.29, 1.82) is 0 Å². The van der Waals surface area contributed by atoms with Gasteiger partial charge in [-0.25, -0.2) is 4.98 Å². The van der Waals surface area contributed by atoms with Gasteiger partial charge in [0.1, 0.15) is 0 Å². The maximum atomic E-state index is 10.9. The van der Waals surface area contributed by atoms with Crippen molar-refractivity contribution in [3.05, 3.63) is 49.0 Å². The molecule has 1 N–H and O–H groups in total. The number of rotatable bonds is 4. The summed E-state index contributed by atoms with van der Waals surface area (Å²) in [7, 11) is 0. The second-order valence-electron chi connectivity index (χ2n) is 4.81. The van der Waals surface area contributed by atoms with Gasteiger partial charge in [0.15, 0.2) is 0 Å². The van der Waals surface area contributed by atoms with E-state index < -0.39 is 0 Å². The van der Waals surface area contributed by atoms with Gasteiger partial charge >= 0.3 is 0 Å². The highest BCUT2D eigenvalue weighted by molar-refractivity contribution is 7.11. The largest absolute Gasteiger partial charge is 0.380 e. The molecule has 0 atom stereocenters. The van der Waals surface area contributed by atoms with Crippen LogP contribution in [0.5, 0.6) is 0 Å². The lowest BCUT2D eigenvalue weighted by Gasteiger charge is -2.10. The van der Waals surface area contributed by atoms with Crippen LogP contribution in [0.15, 0.2) is 12.1 Å². The van der Waals surface area contributed by atoms with Crippen LogP contribution in [0.25, 0.3) is 0 Å². The molecule has 1 aromatic heterocycles. The van der Waals surface area contributed by atoms with Crippen molar-refractivity contribution in [3.63, 3.8) is 0 Å². The van der Waals surface area contributed by atoms with Gasteiger partial charge in [-0.05, 0) is 39.3 Å². The van der Waals surface area contributed by atoms with Crippen molar-refractivity contribution in [2.24, 2.45) is 0 Å². The van der Waals surface area contributed by atoms with E-state index in [0.29, 0.717) is 12.1 Å². The van der Waals surface area contributed by atoms with E-state index in [-0.39, 0.29) is 10.6 Å². The number of hydrogen-bond donors (Lipinski definition) is 1. The van der Waals surface area contributed by atoms with Crippen LogP contribution < -0.4 is 5.32 Å². The molecule has 6 heteroatoms. The molecule has 2 rings (SSSR count). The maximum absolute atomic E-state index is 10.9. The molecule has 20 heavy (non-hydrogen) atoms. The van der Waals surface area contributed by atoms with E-state index in [1.165, 1.54) is 4.88 Å². The Kier molecular flexibility index (Phi) is 4.04. The lowest BCUT2D eigenvalue weighted by atomic mass is 10.1. The predicted octanol–water partition coefficient (Wildman–Crippen LogP) is 3.90. The molecule has 1 aromatic carbocycles. The van der Waals surface area contributed by atoms with Crippen LogP contribution in [0.2, 0.25) is 0 Å². The number of nitro groups is 1. The Labute approximate surface area is 121 Å². The summed E-state index contributed by atoms with van der Waals surface area (Å²) in [5, 5.41) is 15.3. The van der Waals surface area contributed by atoms with Crippen molar-refractivity contribution in [3.8, 4) is 0 Å². The normalized spacial score (nSPS) is 10.6. The first-order valence-electron chi connectivity index (χ1n) is 6.31. The van der Waals surface area contributed by atoms with Crippen LogP contribution in [-0.4, -0.2) is 9.91 Å². The van der Waals surface area contributed by atoms with Crippen molar-refractivity contribution >= 4 is 22.7 Å². The van der Waals surface area contributed by atoms with E-state index in [1.807, 2.05) is 26.8 Å². The highest BCUT2D eigenvalue weighted by Gasteiger charge is 2.13. The van der Waals surface area contributed by atoms with E-state index in [0.717, 1.165) is 22.0 Å². The first-order chi connectivity index (χ1) is 9.38. The number of nitrogens with zero attached hydrogens (tertiary/aromatic N) is 2. The molecule has 1 heterocycles. The van der Waals surface area contributed by atoms with Gasteiger partial charge in [-0.2, -0.15) is 0 Å². The molecule has 5 nitrogen and oxygen atoms in total. The smallest absolute Gasteiger partial charge is 0.272 e. The molecular weight excluding hydrogens is 274 g/mol. The standard InChI is InChI=1S/C14H17N3O2S/c1-8-6-13(17(18)19)9(2)5-12(8)15-7-14-10(3)16-11(4)20-14/h5-6,15H,7H2,1-4H3. The van der Waals surface area contributed by atoms with Crippen LogP contribution >= 0.6 is 11.3 Å². The molecular formula is C14H17N3O2S. The van der Waals surface area contributed by atoms with Crippen LogP contribution in [0.1, 0.15) is 26.7 Å². The first-order valence-corrected chi connectivity index (χ1v) is 7.12. The number of anilines is 1. The minimum absolute atomic E-state index is 0.165. The Balaban J connectivity index is 2.20. The number of thiazole rings is 1. The number of nitrogens with one attached hydrogen (secondary N) is 1. The minimum Gasteiger partial charge on any atom is -0.380 e. The van der Waals surface area contributed by atoms with Gasteiger partial charge in [0, 0.05) is 22.2 Å². The predicted molar refractivity (Wildman–Crippen MR) is 81.5 cm³/mol. The zero-order valence-corrected chi connectivity index (χ0v) is 12.8. The number of nitro benzene ring substituents is 1. The van der Waals surface area contributed by atoms with Gasteiger partial charge in [-0.3, -0.25) is 10.1 Å². The molecule has 0 aliphatic carbocycles. The highest BCUT2D eigenvalue weighted by atomic mass is 32.1. The van der Waals surface area contributed by atoms with Gasteiger partial charge in [0.2, 0.25) is 0 Å². The number of benzene rings is 1. The molecule has 0 spiro atoms. The summed E-state index contributed by atoms with van der Waals surface area (Å²) in [6.07, 6.45) is 0. The second kappa shape index (κ2) is 5.58. The van der Waals surface area contributed by atoms with Crippen LogP contribution in [0, 0.1) is 37.8 Å². The molecule has 0 fully saturated rings. The monoisotopic (exact) mass is 291 g/mol. The van der Waals surface area contributed by atoms with E-state index in [2.05, 4.69) is 10.3 Å². The van der Waals surface area contributed by atoms with Gasteiger partial charge in [0.05, 0.1) is 22.2 Å². The number of aryl methyl sites for hydroxylation is 4. The Morgan fingerprint density at radius 1 is 1.25 bits per heavy atom. The number of hydrogen-bond acceptors (Lipinski definition) is 5. The molecule has 106 valence electrons. The zero-order chi connectivity index (χ0) is 14.9. The molecule has 0 saturated heterocycles. The van der Waals surface area contributed by atoms with Crippen molar-refractivity contribution in [1.82, 2.24) is 4.98 Å². The number of aromatic nitrogens is 1. The zero-order valence-electron chi connectivity index (χ0n) is 12.0. The third-order valence-corrected chi connectivity index (χ3v) is 4.25. The van der Waals surface area contributed by atoms with E-state index in [1.54, 1.807) is 24.3 Å². The van der Waals surface area contributed by atoms with E-state index in [9.17, 15) is 10.1 Å². The summed E-state index contributed by atoms with van der Waals surface area (Å²) in [4.78, 5) is 16.1. The minimum atomic E-state index is -0.344. The topological polar surface area (TPSA) is 68.1 Å². The lowest BCUT2D eigenvalue weighted by Crippen LogP contribution is -2.02. The Morgan fingerprint density at radius 2 is 1.95 bits per heavy atom. The van der Waals surface area contributed by atoms with Gasteiger partial charge in [-0.15, -0.1) is 11.3 Å². The average Bonchev–Trinajstić information content (AvgIpc) is 2.68. The molecule has 0 radical (unpaired) electrons. The summed E-state index contributed by atoms with van der Waals surface area (Å²) in [6.45, 7) is 8.30. The third-order valence-electron chi connectivity index (χ3n) is 3.18. The summed E-state index contributed by atoms with van der Waals surface area (Å²) in [5.41, 5.74) is 3.68. The fraction of sp³-hybridized carbons (Fsp3) is 0.357.